The van der Waals surface area contributed by atoms with Gasteiger partial charge >= 0.3 is 10.8 Å². The van der Waals surface area contributed by atoms with Gasteiger partial charge in [0.15, 0.2) is 12.4 Å². The summed E-state index contributed by atoms with van der Waals surface area (Å²) >= 11 is 0.983. The number of nitrogens with one attached hydrogen (secondary N) is 1. The van der Waals surface area contributed by atoms with Crippen LogP contribution in [-0.2, 0) is 26.1 Å². The van der Waals surface area contributed by atoms with Crippen molar-refractivity contribution >= 4 is 38.8 Å². The van der Waals surface area contributed by atoms with E-state index >= 15 is 0 Å². The fraction of sp³-hybridized carbons (Fsp3) is 0.267. The van der Waals surface area contributed by atoms with Crippen molar-refractivity contribution in [3.63, 3.8) is 0 Å². The van der Waals surface area contributed by atoms with Gasteiger partial charge in [-0.25, -0.2) is 8.42 Å². The number of aromatic nitrogens is 1. The zero-order valence-corrected chi connectivity index (χ0v) is 15.1. The average Bonchev–Trinajstić information content (AvgIpc) is 2.83. The lowest BCUT2D eigenvalue weighted by molar-refractivity contribution is -0.143. The summed E-state index contributed by atoms with van der Waals surface area (Å²) in [4.78, 5) is 35.0. The van der Waals surface area contributed by atoms with E-state index in [4.69, 9.17) is 4.74 Å². The molecule has 0 saturated carbocycles. The van der Waals surface area contributed by atoms with E-state index in [2.05, 4.69) is 4.72 Å². The van der Waals surface area contributed by atoms with E-state index < -0.39 is 28.4 Å². The molecule has 10 heteroatoms. The lowest BCUT2D eigenvalue weighted by Gasteiger charge is -2.07. The Morgan fingerprint density at radius 1 is 1.24 bits per heavy atom. The number of sulfonamides is 1. The standard InChI is InChI=1S/C15H16N2O6S2/c1-10-9-24-15(20)17(10)7-14(19)23-8-13(18)11-3-5-12(6-4-11)16-25(2,21)22/h3-6,9,16H,7-8H2,1-2H3. The fourth-order valence-electron chi connectivity index (χ4n) is 1.94. The van der Waals surface area contributed by atoms with Crippen LogP contribution in [0.25, 0.3) is 0 Å². The van der Waals surface area contributed by atoms with Gasteiger partial charge in [-0.2, -0.15) is 0 Å². The van der Waals surface area contributed by atoms with Crippen LogP contribution < -0.4 is 9.60 Å². The number of carbonyl (C=O) groups is 2. The van der Waals surface area contributed by atoms with Crippen molar-refractivity contribution in [1.29, 1.82) is 0 Å². The molecule has 0 saturated heterocycles. The third-order valence-electron chi connectivity index (χ3n) is 3.14. The summed E-state index contributed by atoms with van der Waals surface area (Å²) in [6.07, 6.45) is 1.02. The number of carbonyl (C=O) groups excluding carboxylic acids is 2. The van der Waals surface area contributed by atoms with Gasteiger partial charge in [0.1, 0.15) is 6.54 Å². The largest absolute Gasteiger partial charge is 0.456 e. The summed E-state index contributed by atoms with van der Waals surface area (Å²) in [6.45, 7) is 0.983. The molecule has 0 bridgehead atoms. The Morgan fingerprint density at radius 3 is 2.40 bits per heavy atom. The maximum atomic E-state index is 12.0. The van der Waals surface area contributed by atoms with Crippen LogP contribution in [-0.4, -0.2) is 37.6 Å². The molecule has 0 atom stereocenters. The van der Waals surface area contributed by atoms with Gasteiger partial charge < -0.3 is 4.74 Å². The first-order valence-corrected chi connectivity index (χ1v) is 9.84. The number of hydrogen-bond donors (Lipinski definition) is 1. The zero-order valence-electron chi connectivity index (χ0n) is 13.5. The summed E-state index contributed by atoms with van der Waals surface area (Å²) in [7, 11) is -3.40. The van der Waals surface area contributed by atoms with E-state index in [0.717, 1.165) is 17.6 Å². The van der Waals surface area contributed by atoms with Crippen molar-refractivity contribution in [2.75, 3.05) is 17.6 Å². The van der Waals surface area contributed by atoms with Gasteiger partial charge in [0, 0.05) is 22.3 Å². The van der Waals surface area contributed by atoms with Gasteiger partial charge in [-0.3, -0.25) is 23.7 Å². The summed E-state index contributed by atoms with van der Waals surface area (Å²) in [5, 5.41) is 1.63. The minimum atomic E-state index is -3.40. The highest BCUT2D eigenvalue weighted by Crippen LogP contribution is 2.11. The predicted octanol–water partition coefficient (Wildman–Crippen LogP) is 1.02. The molecule has 0 amide bonds. The number of nitrogens with zero attached hydrogens (tertiary/aromatic N) is 1. The highest BCUT2D eigenvalue weighted by atomic mass is 32.2. The first-order chi connectivity index (χ1) is 11.7. The lowest BCUT2D eigenvalue weighted by atomic mass is 10.1. The number of ketones is 1. The van der Waals surface area contributed by atoms with Gasteiger partial charge in [0.25, 0.3) is 0 Å². The molecule has 134 valence electrons. The average molecular weight is 384 g/mol. The Morgan fingerprint density at radius 2 is 1.88 bits per heavy atom. The SMILES string of the molecule is Cc1csc(=O)n1CC(=O)OCC(=O)c1ccc(NS(C)(=O)=O)cc1. The molecule has 8 nitrogen and oxygen atoms in total. The van der Waals surface area contributed by atoms with E-state index in [1.165, 1.54) is 28.8 Å². The minimum Gasteiger partial charge on any atom is -0.456 e. The molecule has 0 aliphatic rings. The molecule has 1 N–H and O–H groups in total. The highest BCUT2D eigenvalue weighted by Gasteiger charge is 2.13. The van der Waals surface area contributed by atoms with E-state index in [-0.39, 0.29) is 17.0 Å². The topological polar surface area (TPSA) is 112 Å². The minimum absolute atomic E-state index is 0.251. The van der Waals surface area contributed by atoms with Gasteiger partial charge in [0.2, 0.25) is 10.0 Å². The van der Waals surface area contributed by atoms with Crippen LogP contribution in [0.15, 0.2) is 34.4 Å². The molecule has 0 spiro atoms. The second kappa shape index (κ2) is 7.62. The smallest absolute Gasteiger partial charge is 0.326 e. The molecule has 0 radical (unpaired) electrons. The van der Waals surface area contributed by atoms with Gasteiger partial charge in [-0.1, -0.05) is 11.3 Å². The predicted molar refractivity (Wildman–Crippen MR) is 93.5 cm³/mol. The Labute approximate surface area is 148 Å². The van der Waals surface area contributed by atoms with Crippen molar-refractivity contribution < 1.29 is 22.7 Å². The number of hydrogen-bond acceptors (Lipinski definition) is 7. The number of esters is 1. The molecule has 25 heavy (non-hydrogen) atoms. The van der Waals surface area contributed by atoms with E-state index in [0.29, 0.717) is 11.4 Å². The monoisotopic (exact) mass is 384 g/mol. The maximum Gasteiger partial charge on any atom is 0.326 e. The Hall–Kier alpha value is -2.46. The fourth-order valence-corrected chi connectivity index (χ4v) is 3.24. The van der Waals surface area contributed by atoms with Crippen LogP contribution in [0.5, 0.6) is 0 Å². The van der Waals surface area contributed by atoms with Crippen molar-refractivity contribution in [2.45, 2.75) is 13.5 Å². The van der Waals surface area contributed by atoms with Crippen LogP contribution in [0.4, 0.5) is 5.69 Å². The number of rotatable bonds is 7. The number of aryl methyl sites for hydroxylation is 1. The van der Waals surface area contributed by atoms with Crippen molar-refractivity contribution in [2.24, 2.45) is 0 Å². The number of Topliss-reactive ketones (excluding diaryl/α,β-unsaturated/α-hetero) is 1. The summed E-state index contributed by atoms with van der Waals surface area (Å²) in [5.74, 6) is -1.12. The number of anilines is 1. The second-order valence-electron chi connectivity index (χ2n) is 5.26. The molecular weight excluding hydrogens is 368 g/mol. The molecule has 0 fully saturated rings. The van der Waals surface area contributed by atoms with Crippen LogP contribution >= 0.6 is 11.3 Å². The number of thiazole rings is 1. The Balaban J connectivity index is 1.91. The molecule has 2 aromatic rings. The quantitative estimate of drug-likeness (QED) is 0.563. The van der Waals surface area contributed by atoms with Crippen LogP contribution in [0.2, 0.25) is 0 Å². The summed E-state index contributed by atoms with van der Waals surface area (Å²) in [5.41, 5.74) is 1.24. The third-order valence-corrected chi connectivity index (χ3v) is 4.63. The normalized spacial score (nSPS) is 11.1. The van der Waals surface area contributed by atoms with Crippen molar-refractivity contribution in [3.05, 3.63) is 50.6 Å². The van der Waals surface area contributed by atoms with E-state index in [1.54, 1.807) is 12.3 Å². The van der Waals surface area contributed by atoms with Crippen LogP contribution in [0, 0.1) is 6.92 Å². The molecule has 1 aromatic carbocycles. The van der Waals surface area contributed by atoms with Crippen LogP contribution in [0.1, 0.15) is 16.1 Å². The molecular formula is C15H16N2O6S2. The van der Waals surface area contributed by atoms with Crippen LogP contribution in [0.3, 0.4) is 0 Å². The first-order valence-electron chi connectivity index (χ1n) is 7.07. The number of benzene rings is 1. The molecule has 2 rings (SSSR count). The Bertz CT molecular complexity index is 941. The summed E-state index contributed by atoms with van der Waals surface area (Å²) < 4.78 is 30.7. The third kappa shape index (κ3) is 5.54. The van der Waals surface area contributed by atoms with Crippen molar-refractivity contribution in [1.82, 2.24) is 4.57 Å². The van der Waals surface area contributed by atoms with Gasteiger partial charge in [0.05, 0.1) is 6.26 Å². The maximum absolute atomic E-state index is 12.0. The molecule has 0 unspecified atom stereocenters. The lowest BCUT2D eigenvalue weighted by Crippen LogP contribution is -2.24. The first kappa shape index (κ1) is 18.9. The molecule has 0 aliphatic carbocycles. The van der Waals surface area contributed by atoms with Crippen molar-refractivity contribution in [3.8, 4) is 0 Å². The molecule has 0 aliphatic heterocycles. The summed E-state index contributed by atoms with van der Waals surface area (Å²) in [6, 6.07) is 5.73. The highest BCUT2D eigenvalue weighted by molar-refractivity contribution is 7.92. The van der Waals surface area contributed by atoms with E-state index in [1.807, 2.05) is 0 Å². The zero-order chi connectivity index (χ0) is 18.6. The number of ether oxygens (including phenoxy) is 1. The Kier molecular flexibility index (Phi) is 5.75. The van der Waals surface area contributed by atoms with Gasteiger partial charge in [-0.15, -0.1) is 0 Å². The molecule has 1 heterocycles. The van der Waals surface area contributed by atoms with Gasteiger partial charge in [-0.05, 0) is 31.2 Å². The molecule has 1 aromatic heterocycles. The second-order valence-corrected chi connectivity index (χ2v) is 7.83. The van der Waals surface area contributed by atoms with E-state index in [9.17, 15) is 22.8 Å².